The summed E-state index contributed by atoms with van der Waals surface area (Å²) < 4.78 is 38.5. The van der Waals surface area contributed by atoms with Crippen LogP contribution in [-0.2, 0) is 31.9 Å². The van der Waals surface area contributed by atoms with Gasteiger partial charge in [-0.05, 0) is 35.8 Å². The van der Waals surface area contributed by atoms with Gasteiger partial charge in [-0.3, -0.25) is 19.2 Å². The van der Waals surface area contributed by atoms with Crippen LogP contribution in [0.3, 0.4) is 0 Å². The van der Waals surface area contributed by atoms with Gasteiger partial charge >= 0.3 is 12.1 Å². The van der Waals surface area contributed by atoms with Gasteiger partial charge in [0, 0.05) is 31.4 Å². The van der Waals surface area contributed by atoms with Gasteiger partial charge in [0.1, 0.15) is 0 Å². The number of hydrazine groups is 1. The van der Waals surface area contributed by atoms with E-state index in [0.717, 1.165) is 17.1 Å². The maximum atomic E-state index is 12.8. The predicted octanol–water partition coefficient (Wildman–Crippen LogP) is 3.66. The second kappa shape index (κ2) is 12.8. The lowest BCUT2D eigenvalue weighted by atomic mass is 10.0. The first-order valence-corrected chi connectivity index (χ1v) is 12.9. The number of amides is 2. The summed E-state index contributed by atoms with van der Waals surface area (Å²) in [6.45, 7) is 0.917. The molecule has 0 aromatic heterocycles. The molecule has 2 aliphatic rings. The van der Waals surface area contributed by atoms with Crippen LogP contribution in [-0.4, -0.2) is 63.6 Å². The summed E-state index contributed by atoms with van der Waals surface area (Å²) in [5, 5.41) is 10.6. The van der Waals surface area contributed by atoms with Crippen LogP contribution in [0.4, 0.5) is 13.2 Å². The Kier molecular flexibility index (Phi) is 9.23. The first-order chi connectivity index (χ1) is 19.6. The Hall–Kier alpha value is -4.45. The molecule has 2 amide bonds. The highest BCUT2D eigenvalue weighted by Gasteiger charge is 2.35. The van der Waals surface area contributed by atoms with E-state index in [4.69, 9.17) is 0 Å². The third-order valence-electron chi connectivity index (χ3n) is 7.12. The first-order valence-electron chi connectivity index (χ1n) is 12.9. The van der Waals surface area contributed by atoms with Gasteiger partial charge in [0.05, 0.1) is 36.2 Å². The number of rotatable bonds is 12. The van der Waals surface area contributed by atoms with Gasteiger partial charge in [-0.1, -0.05) is 42.5 Å². The maximum absolute atomic E-state index is 12.8. The molecule has 2 unspecified atom stereocenters. The predicted molar refractivity (Wildman–Crippen MR) is 141 cm³/mol. The van der Waals surface area contributed by atoms with E-state index < -0.39 is 23.8 Å². The molecular weight excluding hydrogens is 541 g/mol. The molecule has 1 heterocycles. The molecule has 1 aliphatic carbocycles. The van der Waals surface area contributed by atoms with E-state index >= 15 is 0 Å². The van der Waals surface area contributed by atoms with Crippen LogP contribution in [0.1, 0.15) is 42.0 Å². The zero-order valence-electron chi connectivity index (χ0n) is 22.0. The van der Waals surface area contributed by atoms with Crippen LogP contribution in [0.2, 0.25) is 0 Å². The molecule has 1 fully saturated rings. The third-order valence-corrected chi connectivity index (χ3v) is 7.12. The summed E-state index contributed by atoms with van der Waals surface area (Å²) in [7, 11) is 0. The molecule has 41 heavy (non-hydrogen) atoms. The number of ketones is 1. The summed E-state index contributed by atoms with van der Waals surface area (Å²) in [6.07, 6.45) is 0.0452. The number of likely N-dealkylation sites (tertiary alicyclic amines) is 1. The largest absolute Gasteiger partial charge is 0.481 e. The third kappa shape index (κ3) is 7.40. The molecule has 4 rings (SSSR count). The molecule has 1 saturated heterocycles. The molecule has 1 aliphatic heterocycles. The molecule has 2 aromatic carbocycles. The van der Waals surface area contributed by atoms with Gasteiger partial charge in [0.25, 0.3) is 0 Å². The highest BCUT2D eigenvalue weighted by Crippen LogP contribution is 2.32. The minimum Gasteiger partial charge on any atom is -0.481 e. The number of halogens is 3. The van der Waals surface area contributed by atoms with Crippen LogP contribution >= 0.6 is 0 Å². The zero-order chi connectivity index (χ0) is 29.6. The smallest absolute Gasteiger partial charge is 0.416 e. The summed E-state index contributed by atoms with van der Waals surface area (Å²) in [4.78, 5) is 51.7. The first kappa shape index (κ1) is 29.5. The molecule has 12 heteroatoms. The lowest BCUT2D eigenvalue weighted by Gasteiger charge is -2.33. The fourth-order valence-electron chi connectivity index (χ4n) is 5.07. The normalized spacial score (nSPS) is 17.9. The van der Waals surface area contributed by atoms with Crippen molar-refractivity contribution in [2.75, 3.05) is 13.1 Å². The fraction of sp³-hybridized carbons (Fsp3) is 0.310. The number of carbonyl (C=O) groups excluding carboxylic acids is 3. The van der Waals surface area contributed by atoms with E-state index in [1.807, 2.05) is 11.0 Å². The van der Waals surface area contributed by atoms with E-state index in [9.17, 15) is 37.5 Å². The van der Waals surface area contributed by atoms with Crippen molar-refractivity contribution in [3.05, 3.63) is 94.8 Å². The van der Waals surface area contributed by atoms with E-state index in [-0.39, 0.29) is 36.9 Å². The minimum absolute atomic E-state index is 0.0378. The SMILES string of the molecule is O=CN(NCc1ccc(C(F)(F)F)cc1)C1=CC(=O)CC(N2CCC(N(C=O)C(CC(=O)O)c3ccccc3)C2)=C1. The zero-order valence-corrected chi connectivity index (χ0v) is 22.0. The summed E-state index contributed by atoms with van der Waals surface area (Å²) in [5.41, 5.74) is 4.15. The standard InChI is InChI=1S/C29H29F3N4O5/c30-29(31,32)22-8-6-20(7-9-22)16-33-36(19-38)25-12-24(13-26(39)14-25)34-11-10-23(17-34)35(18-37)27(15-28(40)41)21-4-2-1-3-5-21/h1-9,12,14,18-19,23,27,33H,10-11,13,15-17H2,(H,40,41). The van der Waals surface area contributed by atoms with Crippen LogP contribution in [0, 0.1) is 0 Å². The number of allylic oxidation sites excluding steroid dienone is 3. The van der Waals surface area contributed by atoms with Crippen LogP contribution in [0.15, 0.2) is 78.1 Å². The fourth-order valence-corrected chi connectivity index (χ4v) is 5.07. The van der Waals surface area contributed by atoms with Crippen LogP contribution in [0.25, 0.3) is 0 Å². The Bertz CT molecular complexity index is 1330. The van der Waals surface area contributed by atoms with Crippen molar-refractivity contribution >= 4 is 24.6 Å². The molecule has 0 saturated carbocycles. The van der Waals surface area contributed by atoms with E-state index in [1.54, 1.807) is 30.3 Å². The lowest BCUT2D eigenvalue weighted by Crippen LogP contribution is -2.40. The molecule has 2 N–H and O–H groups in total. The second-order valence-electron chi connectivity index (χ2n) is 9.82. The summed E-state index contributed by atoms with van der Waals surface area (Å²) in [5.74, 6) is -1.28. The van der Waals surface area contributed by atoms with Crippen molar-refractivity contribution < 1.29 is 37.5 Å². The van der Waals surface area contributed by atoms with Crippen molar-refractivity contribution in [1.82, 2.24) is 20.2 Å². The number of aliphatic carboxylic acids is 1. The maximum Gasteiger partial charge on any atom is 0.416 e. The number of carboxylic acids is 1. The van der Waals surface area contributed by atoms with Crippen molar-refractivity contribution in [1.29, 1.82) is 0 Å². The highest BCUT2D eigenvalue weighted by molar-refractivity contribution is 5.94. The number of hydrogen-bond donors (Lipinski definition) is 2. The van der Waals surface area contributed by atoms with E-state index in [0.29, 0.717) is 49.2 Å². The summed E-state index contributed by atoms with van der Waals surface area (Å²) in [6, 6.07) is 12.5. The molecular formula is C29H29F3N4O5. The molecule has 0 bridgehead atoms. The number of nitrogens with one attached hydrogen (secondary N) is 1. The number of carbonyl (C=O) groups is 4. The average Bonchev–Trinajstić information content (AvgIpc) is 3.43. The number of alkyl halides is 3. The molecule has 2 atom stereocenters. The van der Waals surface area contributed by atoms with Gasteiger partial charge < -0.3 is 14.9 Å². The number of nitrogens with zero attached hydrogens (tertiary/aromatic N) is 3. The highest BCUT2D eigenvalue weighted by atomic mass is 19.4. The minimum atomic E-state index is -4.45. The topological polar surface area (TPSA) is 110 Å². The van der Waals surface area contributed by atoms with Crippen LogP contribution < -0.4 is 5.43 Å². The second-order valence-corrected chi connectivity index (χ2v) is 9.82. The average molecular weight is 571 g/mol. The monoisotopic (exact) mass is 570 g/mol. The van der Waals surface area contributed by atoms with E-state index in [2.05, 4.69) is 5.43 Å². The van der Waals surface area contributed by atoms with Crippen molar-refractivity contribution in [2.45, 2.75) is 44.1 Å². The van der Waals surface area contributed by atoms with Gasteiger partial charge in [-0.2, -0.15) is 13.2 Å². The number of carboxylic acid groups (broad SMARTS) is 1. The summed E-state index contributed by atoms with van der Waals surface area (Å²) >= 11 is 0. The number of benzene rings is 2. The number of hydrogen-bond acceptors (Lipinski definition) is 6. The van der Waals surface area contributed by atoms with Crippen molar-refractivity contribution in [3.8, 4) is 0 Å². The Morgan fingerprint density at radius 2 is 1.78 bits per heavy atom. The molecule has 0 radical (unpaired) electrons. The molecule has 0 spiro atoms. The lowest BCUT2D eigenvalue weighted by molar-refractivity contribution is -0.140. The molecule has 2 aromatic rings. The van der Waals surface area contributed by atoms with Crippen LogP contribution in [0.5, 0.6) is 0 Å². The quantitative estimate of drug-likeness (QED) is 0.296. The Morgan fingerprint density at radius 3 is 2.39 bits per heavy atom. The van der Waals surface area contributed by atoms with Gasteiger partial charge in [-0.15, -0.1) is 0 Å². The van der Waals surface area contributed by atoms with Crippen molar-refractivity contribution in [2.24, 2.45) is 0 Å². The van der Waals surface area contributed by atoms with Gasteiger partial charge in [0.15, 0.2) is 5.78 Å². The Balaban J connectivity index is 1.45. The molecule has 9 nitrogen and oxygen atoms in total. The molecule has 216 valence electrons. The Morgan fingerprint density at radius 1 is 1.07 bits per heavy atom. The van der Waals surface area contributed by atoms with Gasteiger partial charge in [0.2, 0.25) is 12.8 Å². The van der Waals surface area contributed by atoms with Crippen molar-refractivity contribution in [3.63, 3.8) is 0 Å². The Labute approximate surface area is 234 Å². The van der Waals surface area contributed by atoms with Gasteiger partial charge in [-0.25, -0.2) is 10.4 Å². The van der Waals surface area contributed by atoms with E-state index in [1.165, 1.54) is 23.1 Å².